The van der Waals surface area contributed by atoms with Crippen molar-refractivity contribution in [2.75, 3.05) is 26.8 Å². The molecule has 1 aromatic carbocycles. The molecule has 1 aliphatic heterocycles. The zero-order valence-corrected chi connectivity index (χ0v) is 16.9. The zero-order chi connectivity index (χ0) is 20.2. The van der Waals surface area contributed by atoms with Gasteiger partial charge in [0.1, 0.15) is 11.6 Å². The van der Waals surface area contributed by atoms with Crippen LogP contribution >= 0.6 is 0 Å². The lowest BCUT2D eigenvalue weighted by Crippen LogP contribution is -2.30. The summed E-state index contributed by atoms with van der Waals surface area (Å²) in [6, 6.07) is 5.46. The van der Waals surface area contributed by atoms with E-state index in [2.05, 4.69) is 10.3 Å². The Morgan fingerprint density at radius 1 is 1.17 bits per heavy atom. The molecule has 1 fully saturated rings. The quantitative estimate of drug-likeness (QED) is 0.759. The van der Waals surface area contributed by atoms with Crippen LogP contribution in [0.3, 0.4) is 0 Å². The van der Waals surface area contributed by atoms with Crippen molar-refractivity contribution in [2.24, 2.45) is 11.8 Å². The topological polar surface area (TPSA) is 52.6 Å². The van der Waals surface area contributed by atoms with Gasteiger partial charge >= 0.3 is 0 Å². The molecule has 154 valence electrons. The summed E-state index contributed by atoms with van der Waals surface area (Å²) in [5, 5.41) is 4.12. The number of hydrogen-bond donors (Lipinski definition) is 1. The Bertz CT molecular complexity index is 935. The molecule has 1 N–H and O–H groups in total. The van der Waals surface area contributed by atoms with Crippen molar-refractivity contribution >= 4 is 10.9 Å². The van der Waals surface area contributed by atoms with E-state index in [0.29, 0.717) is 36.2 Å². The average Bonchev–Trinajstić information content (AvgIpc) is 2.74. The number of pyridine rings is 1. The standard InChI is InChI=1S/C23H27FN2O3/c1-15-3-4-21(18(24)11-15)29-20-7-10-26-19-13-23(22(27-2)12-17(19)20)28-14-16-5-8-25-9-6-16/h3-4,7,10,12-13,15-16,25H,5-6,8-9,11,14H2,1-2H3/t15-/m0/s1. The van der Waals surface area contributed by atoms with Crippen LogP contribution in [0.5, 0.6) is 17.2 Å². The molecule has 1 saturated heterocycles. The fourth-order valence-corrected chi connectivity index (χ4v) is 3.75. The first-order valence-corrected chi connectivity index (χ1v) is 10.2. The van der Waals surface area contributed by atoms with Gasteiger partial charge in [0.25, 0.3) is 0 Å². The summed E-state index contributed by atoms with van der Waals surface area (Å²) in [5.74, 6) is 2.56. The van der Waals surface area contributed by atoms with E-state index in [1.807, 2.05) is 25.1 Å². The summed E-state index contributed by atoms with van der Waals surface area (Å²) in [6.45, 7) is 4.70. The maximum absolute atomic E-state index is 14.3. The predicted molar refractivity (Wildman–Crippen MR) is 111 cm³/mol. The number of rotatable bonds is 6. The Labute approximate surface area is 170 Å². The number of nitrogens with zero attached hydrogens (tertiary/aromatic N) is 1. The second-order valence-electron chi connectivity index (χ2n) is 7.75. The van der Waals surface area contributed by atoms with Gasteiger partial charge < -0.3 is 19.5 Å². The molecule has 0 saturated carbocycles. The third-order valence-corrected chi connectivity index (χ3v) is 5.48. The molecule has 2 aliphatic rings. The van der Waals surface area contributed by atoms with Crippen molar-refractivity contribution in [3.05, 3.63) is 48.1 Å². The molecule has 1 atom stereocenters. The number of methoxy groups -OCH3 is 1. The molecule has 29 heavy (non-hydrogen) atoms. The average molecular weight is 398 g/mol. The van der Waals surface area contributed by atoms with Crippen molar-refractivity contribution in [1.29, 1.82) is 0 Å². The molecule has 0 amide bonds. The number of aromatic nitrogens is 1. The van der Waals surface area contributed by atoms with Gasteiger partial charge in [-0.05, 0) is 56.0 Å². The van der Waals surface area contributed by atoms with Gasteiger partial charge in [-0.1, -0.05) is 13.0 Å². The molecule has 1 aliphatic carbocycles. The minimum Gasteiger partial charge on any atom is -0.493 e. The van der Waals surface area contributed by atoms with E-state index < -0.39 is 0 Å². The monoisotopic (exact) mass is 398 g/mol. The molecule has 0 radical (unpaired) electrons. The highest BCUT2D eigenvalue weighted by Crippen LogP contribution is 2.37. The van der Waals surface area contributed by atoms with Crippen LogP contribution in [0.1, 0.15) is 26.2 Å². The molecule has 0 unspecified atom stereocenters. The largest absolute Gasteiger partial charge is 0.493 e. The molecule has 5 nitrogen and oxygen atoms in total. The molecule has 0 spiro atoms. The van der Waals surface area contributed by atoms with Gasteiger partial charge in [-0.25, -0.2) is 4.39 Å². The molecule has 4 rings (SSSR count). The normalized spacial score (nSPS) is 20.2. The van der Waals surface area contributed by atoms with Crippen LogP contribution in [0.25, 0.3) is 10.9 Å². The lowest BCUT2D eigenvalue weighted by atomic mass is 9.99. The number of ether oxygens (including phenoxy) is 3. The number of nitrogens with one attached hydrogen (secondary N) is 1. The molecular formula is C23H27FN2O3. The van der Waals surface area contributed by atoms with E-state index in [9.17, 15) is 4.39 Å². The second kappa shape index (κ2) is 8.82. The summed E-state index contributed by atoms with van der Waals surface area (Å²) in [6.07, 6.45) is 7.89. The Hall–Kier alpha value is -2.60. The Morgan fingerprint density at radius 2 is 2.00 bits per heavy atom. The smallest absolute Gasteiger partial charge is 0.163 e. The van der Waals surface area contributed by atoms with Crippen LogP contribution in [0.2, 0.25) is 0 Å². The number of allylic oxidation sites excluding steroid dienone is 3. The van der Waals surface area contributed by atoms with Gasteiger partial charge in [-0.3, -0.25) is 4.98 Å². The van der Waals surface area contributed by atoms with E-state index in [-0.39, 0.29) is 17.5 Å². The van der Waals surface area contributed by atoms with Gasteiger partial charge in [0.2, 0.25) is 0 Å². The summed E-state index contributed by atoms with van der Waals surface area (Å²) in [5.41, 5.74) is 0.720. The van der Waals surface area contributed by atoms with Gasteiger partial charge in [0.15, 0.2) is 17.3 Å². The molecule has 1 aromatic heterocycles. The third kappa shape index (κ3) is 4.53. The highest BCUT2D eigenvalue weighted by molar-refractivity contribution is 5.88. The van der Waals surface area contributed by atoms with Crippen LogP contribution in [0, 0.1) is 11.8 Å². The minimum absolute atomic E-state index is 0.177. The van der Waals surface area contributed by atoms with Crippen molar-refractivity contribution in [3.8, 4) is 17.2 Å². The number of piperidine rings is 1. The molecule has 6 heteroatoms. The van der Waals surface area contributed by atoms with E-state index in [1.165, 1.54) is 0 Å². The van der Waals surface area contributed by atoms with Crippen LogP contribution < -0.4 is 19.5 Å². The lowest BCUT2D eigenvalue weighted by molar-refractivity contribution is 0.208. The first-order chi connectivity index (χ1) is 14.1. The number of hydrogen-bond acceptors (Lipinski definition) is 5. The number of fused-ring (bicyclic) bond motifs is 1. The van der Waals surface area contributed by atoms with E-state index in [1.54, 1.807) is 25.4 Å². The molecular weight excluding hydrogens is 371 g/mol. The third-order valence-electron chi connectivity index (χ3n) is 5.48. The van der Waals surface area contributed by atoms with Crippen LogP contribution in [0.15, 0.2) is 48.1 Å². The SMILES string of the molecule is COc1cc2c(OC3=C(F)C[C@@H](C)C=C3)ccnc2cc1OCC1CCNCC1. The molecule has 0 bridgehead atoms. The number of benzene rings is 1. The maximum atomic E-state index is 14.3. The van der Waals surface area contributed by atoms with Gasteiger partial charge in [0, 0.05) is 24.1 Å². The summed E-state index contributed by atoms with van der Waals surface area (Å²) in [7, 11) is 1.61. The van der Waals surface area contributed by atoms with Gasteiger partial charge in [-0.2, -0.15) is 0 Å². The second-order valence-corrected chi connectivity index (χ2v) is 7.75. The summed E-state index contributed by atoms with van der Waals surface area (Å²) < 4.78 is 31.8. The fraction of sp³-hybridized carbons (Fsp3) is 0.435. The van der Waals surface area contributed by atoms with E-state index in [4.69, 9.17) is 14.2 Å². The highest BCUT2D eigenvalue weighted by atomic mass is 19.1. The lowest BCUT2D eigenvalue weighted by Gasteiger charge is -2.23. The zero-order valence-electron chi connectivity index (χ0n) is 16.9. The fourth-order valence-electron chi connectivity index (χ4n) is 3.75. The molecule has 2 heterocycles. The van der Waals surface area contributed by atoms with E-state index >= 15 is 0 Å². The summed E-state index contributed by atoms with van der Waals surface area (Å²) in [4.78, 5) is 4.44. The van der Waals surface area contributed by atoms with Crippen molar-refractivity contribution < 1.29 is 18.6 Å². The van der Waals surface area contributed by atoms with Crippen molar-refractivity contribution in [3.63, 3.8) is 0 Å². The number of halogens is 1. The van der Waals surface area contributed by atoms with Crippen LogP contribution in [0.4, 0.5) is 4.39 Å². The predicted octanol–water partition coefficient (Wildman–Crippen LogP) is 4.78. The van der Waals surface area contributed by atoms with Gasteiger partial charge in [-0.15, -0.1) is 0 Å². The summed E-state index contributed by atoms with van der Waals surface area (Å²) >= 11 is 0. The first-order valence-electron chi connectivity index (χ1n) is 10.2. The minimum atomic E-state index is -0.237. The Morgan fingerprint density at radius 3 is 2.76 bits per heavy atom. The highest BCUT2D eigenvalue weighted by Gasteiger charge is 2.19. The Balaban J connectivity index is 1.59. The van der Waals surface area contributed by atoms with Crippen LogP contribution in [-0.4, -0.2) is 31.8 Å². The van der Waals surface area contributed by atoms with Gasteiger partial charge in [0.05, 0.1) is 19.2 Å². The maximum Gasteiger partial charge on any atom is 0.163 e. The van der Waals surface area contributed by atoms with Crippen LogP contribution in [-0.2, 0) is 0 Å². The van der Waals surface area contributed by atoms with E-state index in [0.717, 1.165) is 36.8 Å². The van der Waals surface area contributed by atoms with Crippen molar-refractivity contribution in [2.45, 2.75) is 26.2 Å². The first kappa shape index (κ1) is 19.7. The molecule has 2 aromatic rings. The Kier molecular flexibility index (Phi) is 6.00. The van der Waals surface area contributed by atoms with Crippen molar-refractivity contribution in [1.82, 2.24) is 10.3 Å².